The molecule has 4 atom stereocenters. The maximum Gasteiger partial charge on any atom is 0.226 e. The molecule has 2 aromatic rings. The van der Waals surface area contributed by atoms with Gasteiger partial charge in [-0.2, -0.15) is 0 Å². The first-order valence-electron chi connectivity index (χ1n) is 11.4. The predicted molar refractivity (Wildman–Crippen MR) is 127 cm³/mol. The van der Waals surface area contributed by atoms with Crippen LogP contribution >= 0.6 is 23.2 Å². The van der Waals surface area contributed by atoms with Crippen molar-refractivity contribution in [3.63, 3.8) is 0 Å². The van der Waals surface area contributed by atoms with Gasteiger partial charge in [0.2, 0.25) is 5.91 Å². The molecule has 0 radical (unpaired) electrons. The van der Waals surface area contributed by atoms with Gasteiger partial charge < -0.3 is 9.64 Å². The van der Waals surface area contributed by atoms with Gasteiger partial charge >= 0.3 is 0 Å². The second-order valence-electron chi connectivity index (χ2n) is 9.08. The average Bonchev–Trinajstić information content (AvgIpc) is 3.58. The van der Waals surface area contributed by atoms with Crippen molar-refractivity contribution < 1.29 is 9.53 Å². The number of carbonyl (C=O) groups excluding carboxylic acids is 1. The number of nitrogens with zero attached hydrogens (tertiary/aromatic N) is 1. The number of ether oxygens (including phenoxy) is 1. The van der Waals surface area contributed by atoms with E-state index in [0.717, 1.165) is 30.0 Å². The molecule has 5 heteroatoms. The molecule has 3 nitrogen and oxygen atoms in total. The van der Waals surface area contributed by atoms with E-state index in [1.165, 1.54) is 18.4 Å². The zero-order valence-corrected chi connectivity index (χ0v) is 19.8. The second-order valence-corrected chi connectivity index (χ2v) is 9.96. The third kappa shape index (κ3) is 5.27. The van der Waals surface area contributed by atoms with Crippen LogP contribution in [0.25, 0.3) is 0 Å². The molecule has 1 heterocycles. The summed E-state index contributed by atoms with van der Waals surface area (Å²) in [5.41, 5.74) is 2.28. The van der Waals surface area contributed by atoms with E-state index in [1.54, 1.807) is 0 Å². The summed E-state index contributed by atoms with van der Waals surface area (Å²) in [6.07, 6.45) is 4.18. The van der Waals surface area contributed by atoms with Gasteiger partial charge in [-0.15, -0.1) is 0 Å². The molecule has 0 spiro atoms. The number of halogens is 2. The average molecular weight is 460 g/mol. The number of amides is 1. The maximum atomic E-state index is 13.5. The Morgan fingerprint density at radius 2 is 1.81 bits per heavy atom. The number of carbonyl (C=O) groups is 1. The monoisotopic (exact) mass is 459 g/mol. The smallest absolute Gasteiger partial charge is 0.226 e. The Labute approximate surface area is 195 Å². The van der Waals surface area contributed by atoms with E-state index in [0.29, 0.717) is 17.5 Å². The Bertz CT molecular complexity index is 897. The third-order valence-corrected chi connectivity index (χ3v) is 7.17. The van der Waals surface area contributed by atoms with Gasteiger partial charge in [0.15, 0.2) is 0 Å². The summed E-state index contributed by atoms with van der Waals surface area (Å²) < 4.78 is 6.07. The summed E-state index contributed by atoms with van der Waals surface area (Å²) in [5, 5.41) is 1.42. The van der Waals surface area contributed by atoms with Gasteiger partial charge in [0.1, 0.15) is 0 Å². The van der Waals surface area contributed by atoms with Gasteiger partial charge in [-0.3, -0.25) is 4.79 Å². The van der Waals surface area contributed by atoms with Crippen LogP contribution in [0.3, 0.4) is 0 Å². The largest absolute Gasteiger partial charge is 0.379 e. The molecule has 0 bridgehead atoms. The highest BCUT2D eigenvalue weighted by Gasteiger charge is 2.44. The van der Waals surface area contributed by atoms with Crippen molar-refractivity contribution in [1.29, 1.82) is 0 Å². The Morgan fingerprint density at radius 3 is 2.45 bits per heavy atom. The van der Waals surface area contributed by atoms with Crippen molar-refractivity contribution in [2.24, 2.45) is 11.8 Å². The standard InChI is InChI=1S/C26H31Cl2NO2/c1-3-23(16-31-15-18-7-8-18)29-25(19-9-11-21(27)12-10-19)24(13-17(2)26(29)30)20-5-4-6-22(28)14-20/h4-6,9-12,14,17-18,23-25H,3,7-8,13,15-16H2,1-2H3/t17?,23?,24?,25-/m1/s1. The number of hydrogen-bond acceptors (Lipinski definition) is 2. The minimum absolute atomic E-state index is 0.0383. The Kier molecular flexibility index (Phi) is 7.26. The molecule has 166 valence electrons. The number of likely N-dealkylation sites (tertiary alicyclic amines) is 1. The summed E-state index contributed by atoms with van der Waals surface area (Å²) in [4.78, 5) is 15.7. The quantitative estimate of drug-likeness (QED) is 0.429. The van der Waals surface area contributed by atoms with E-state index in [9.17, 15) is 4.79 Å². The lowest BCUT2D eigenvalue weighted by atomic mass is 9.75. The van der Waals surface area contributed by atoms with Gasteiger partial charge in [-0.25, -0.2) is 0 Å². The molecule has 31 heavy (non-hydrogen) atoms. The summed E-state index contributed by atoms with van der Waals surface area (Å²) in [6.45, 7) is 5.57. The van der Waals surface area contributed by atoms with Crippen LogP contribution in [0.1, 0.15) is 62.6 Å². The van der Waals surface area contributed by atoms with Crippen LogP contribution in [0.15, 0.2) is 48.5 Å². The van der Waals surface area contributed by atoms with E-state index in [-0.39, 0.29) is 29.8 Å². The third-order valence-electron chi connectivity index (χ3n) is 6.68. The van der Waals surface area contributed by atoms with Crippen molar-refractivity contribution in [2.75, 3.05) is 13.2 Å². The van der Waals surface area contributed by atoms with Gasteiger partial charge in [0.05, 0.1) is 18.7 Å². The fraction of sp³-hybridized carbons (Fsp3) is 0.500. The topological polar surface area (TPSA) is 29.5 Å². The molecule has 0 N–H and O–H groups in total. The number of piperidine rings is 1. The van der Waals surface area contributed by atoms with E-state index in [4.69, 9.17) is 27.9 Å². The SMILES string of the molecule is CCC(COCC1CC1)N1C(=O)C(C)CC(c2cccc(Cl)c2)[C@H]1c1ccc(Cl)cc1. The first-order valence-corrected chi connectivity index (χ1v) is 12.1. The first kappa shape index (κ1) is 22.6. The fourth-order valence-electron chi connectivity index (χ4n) is 4.76. The van der Waals surface area contributed by atoms with E-state index in [1.807, 2.05) is 37.3 Å². The van der Waals surface area contributed by atoms with Gasteiger partial charge in [0.25, 0.3) is 0 Å². The van der Waals surface area contributed by atoms with Crippen LogP contribution in [-0.2, 0) is 9.53 Å². The Morgan fingerprint density at radius 1 is 1.06 bits per heavy atom. The summed E-state index contributed by atoms with van der Waals surface area (Å²) in [6, 6.07) is 16.0. The molecule has 1 saturated carbocycles. The minimum atomic E-state index is -0.0751. The zero-order chi connectivity index (χ0) is 22.0. The normalized spacial score (nSPS) is 25.0. The van der Waals surface area contributed by atoms with Crippen LogP contribution in [0.2, 0.25) is 10.0 Å². The fourth-order valence-corrected chi connectivity index (χ4v) is 5.09. The molecule has 2 aromatic carbocycles. The van der Waals surface area contributed by atoms with Crippen molar-refractivity contribution in [3.05, 3.63) is 69.7 Å². The van der Waals surface area contributed by atoms with Crippen LogP contribution in [0.5, 0.6) is 0 Å². The molecular formula is C26H31Cl2NO2. The highest BCUT2D eigenvalue weighted by molar-refractivity contribution is 6.30. The molecule has 2 aliphatic rings. The Hall–Kier alpha value is -1.55. The van der Waals surface area contributed by atoms with E-state index < -0.39 is 0 Å². The number of benzene rings is 2. The highest BCUT2D eigenvalue weighted by atomic mass is 35.5. The number of hydrogen-bond donors (Lipinski definition) is 0. The number of rotatable bonds is 8. The first-order chi connectivity index (χ1) is 15.0. The zero-order valence-electron chi connectivity index (χ0n) is 18.3. The summed E-state index contributed by atoms with van der Waals surface area (Å²) in [7, 11) is 0. The molecule has 3 unspecified atom stereocenters. The molecular weight excluding hydrogens is 429 g/mol. The lowest BCUT2D eigenvalue weighted by Gasteiger charge is -2.48. The minimum Gasteiger partial charge on any atom is -0.379 e. The summed E-state index contributed by atoms with van der Waals surface area (Å²) >= 11 is 12.5. The molecule has 2 fully saturated rings. The van der Waals surface area contributed by atoms with Gasteiger partial charge in [-0.1, -0.05) is 61.3 Å². The van der Waals surface area contributed by atoms with Gasteiger partial charge in [-0.05, 0) is 67.0 Å². The second kappa shape index (κ2) is 9.94. The maximum absolute atomic E-state index is 13.5. The summed E-state index contributed by atoms with van der Waals surface area (Å²) in [5.74, 6) is 1.02. The van der Waals surface area contributed by atoms with E-state index >= 15 is 0 Å². The van der Waals surface area contributed by atoms with Crippen LogP contribution in [-0.4, -0.2) is 30.1 Å². The van der Waals surface area contributed by atoms with Crippen LogP contribution < -0.4 is 0 Å². The highest BCUT2D eigenvalue weighted by Crippen LogP contribution is 2.46. The van der Waals surface area contributed by atoms with Crippen molar-refractivity contribution in [2.45, 2.75) is 57.5 Å². The van der Waals surface area contributed by atoms with Crippen molar-refractivity contribution in [1.82, 2.24) is 4.90 Å². The predicted octanol–water partition coefficient (Wildman–Crippen LogP) is 6.89. The lowest BCUT2D eigenvalue weighted by Crippen LogP contribution is -2.52. The lowest BCUT2D eigenvalue weighted by molar-refractivity contribution is -0.148. The molecule has 1 aliphatic heterocycles. The van der Waals surface area contributed by atoms with Gasteiger partial charge in [0, 0.05) is 28.5 Å². The molecule has 4 rings (SSSR count). The molecule has 1 saturated heterocycles. The molecule has 0 aromatic heterocycles. The molecule has 1 aliphatic carbocycles. The molecule has 1 amide bonds. The van der Waals surface area contributed by atoms with Crippen LogP contribution in [0, 0.1) is 11.8 Å². The Balaban J connectivity index is 1.71. The van der Waals surface area contributed by atoms with E-state index in [2.05, 4.69) is 30.0 Å². The van der Waals surface area contributed by atoms with Crippen molar-refractivity contribution in [3.8, 4) is 0 Å². The van der Waals surface area contributed by atoms with Crippen molar-refractivity contribution >= 4 is 29.1 Å². The van der Waals surface area contributed by atoms with Crippen LogP contribution in [0.4, 0.5) is 0 Å².